The van der Waals surface area contributed by atoms with E-state index in [0.29, 0.717) is 15.8 Å². The number of ketones is 1. The molecule has 0 spiro atoms. The summed E-state index contributed by atoms with van der Waals surface area (Å²) in [6.45, 7) is 0. The number of hydrogen-bond acceptors (Lipinski definition) is 3. The van der Waals surface area contributed by atoms with Crippen LogP contribution >= 0.6 is 23.4 Å². The minimum absolute atomic E-state index is 0.0266. The molecule has 3 unspecified atom stereocenters. The zero-order valence-corrected chi connectivity index (χ0v) is 11.2. The smallest absolute Gasteiger partial charge is 0.189 e. The van der Waals surface area contributed by atoms with E-state index in [4.69, 9.17) is 11.6 Å². The third-order valence-corrected chi connectivity index (χ3v) is 4.86. The van der Waals surface area contributed by atoms with Gasteiger partial charge in [0.1, 0.15) is 6.04 Å². The highest BCUT2D eigenvalue weighted by atomic mass is 35.5. The lowest BCUT2D eigenvalue weighted by Crippen LogP contribution is -2.35. The monoisotopic (exact) mass is 277 g/mol. The van der Waals surface area contributed by atoms with Gasteiger partial charge >= 0.3 is 0 Å². The number of thioether (sulfide) groups is 1. The molecule has 3 atom stereocenters. The standard InChI is InChI=1S/C14H12ClNOS/c15-11-4-2-1-3-9(11)14(17)13-10-6-8-18-12(10)5-7-16-13/h1-4,6-8,10,12-13H,5H2. The number of halogens is 1. The van der Waals surface area contributed by atoms with Crippen LogP contribution in [0.2, 0.25) is 5.02 Å². The summed E-state index contributed by atoms with van der Waals surface area (Å²) in [7, 11) is 0. The Hall–Kier alpha value is -1.06. The molecule has 0 bridgehead atoms. The maximum atomic E-state index is 12.5. The Morgan fingerprint density at radius 3 is 3.06 bits per heavy atom. The Morgan fingerprint density at radius 1 is 1.39 bits per heavy atom. The number of aliphatic imine (C=N–C) groups is 1. The van der Waals surface area contributed by atoms with Crippen molar-refractivity contribution in [3.63, 3.8) is 0 Å². The van der Waals surface area contributed by atoms with Crippen molar-refractivity contribution in [2.45, 2.75) is 17.7 Å². The van der Waals surface area contributed by atoms with Gasteiger partial charge < -0.3 is 0 Å². The van der Waals surface area contributed by atoms with Crippen molar-refractivity contribution in [2.75, 3.05) is 0 Å². The average Bonchev–Trinajstić information content (AvgIpc) is 2.86. The first kappa shape index (κ1) is 12.0. The zero-order valence-electron chi connectivity index (χ0n) is 9.62. The summed E-state index contributed by atoms with van der Waals surface area (Å²) in [6.07, 6.45) is 4.92. The number of carbonyl (C=O) groups excluding carboxylic acids is 1. The third kappa shape index (κ3) is 2.02. The van der Waals surface area contributed by atoms with Crippen LogP contribution in [0.4, 0.5) is 0 Å². The van der Waals surface area contributed by atoms with Crippen LogP contribution in [-0.2, 0) is 0 Å². The Morgan fingerprint density at radius 2 is 2.22 bits per heavy atom. The predicted molar refractivity (Wildman–Crippen MR) is 76.7 cm³/mol. The molecule has 1 aromatic rings. The second-order valence-electron chi connectivity index (χ2n) is 4.44. The van der Waals surface area contributed by atoms with Gasteiger partial charge in [-0.1, -0.05) is 29.8 Å². The molecule has 0 saturated heterocycles. The summed E-state index contributed by atoms with van der Waals surface area (Å²) in [5, 5.41) is 3.05. The number of carbonyl (C=O) groups is 1. The van der Waals surface area contributed by atoms with Crippen LogP contribution in [-0.4, -0.2) is 23.3 Å². The van der Waals surface area contributed by atoms with E-state index in [0.717, 1.165) is 6.42 Å². The van der Waals surface area contributed by atoms with E-state index >= 15 is 0 Å². The Kier molecular flexibility index (Phi) is 3.27. The lowest BCUT2D eigenvalue weighted by molar-refractivity contribution is 0.0942. The van der Waals surface area contributed by atoms with Crippen molar-refractivity contribution in [1.29, 1.82) is 0 Å². The molecular formula is C14H12ClNOS. The van der Waals surface area contributed by atoms with Crippen molar-refractivity contribution < 1.29 is 4.79 Å². The van der Waals surface area contributed by atoms with Gasteiger partial charge in [-0.15, -0.1) is 11.8 Å². The van der Waals surface area contributed by atoms with Gasteiger partial charge in [-0.2, -0.15) is 0 Å². The van der Waals surface area contributed by atoms with Crippen LogP contribution in [0.15, 0.2) is 40.7 Å². The Labute approximate surface area is 115 Å². The van der Waals surface area contributed by atoms with E-state index in [1.807, 2.05) is 18.3 Å². The maximum absolute atomic E-state index is 12.5. The minimum Gasteiger partial charge on any atom is -0.292 e. The lowest BCUT2D eigenvalue weighted by Gasteiger charge is -2.26. The first-order chi connectivity index (χ1) is 8.77. The topological polar surface area (TPSA) is 29.4 Å². The molecule has 3 rings (SSSR count). The predicted octanol–water partition coefficient (Wildman–Crippen LogP) is 3.61. The zero-order chi connectivity index (χ0) is 12.5. The highest BCUT2D eigenvalue weighted by Gasteiger charge is 2.37. The van der Waals surface area contributed by atoms with Gasteiger partial charge in [-0.3, -0.25) is 9.79 Å². The van der Waals surface area contributed by atoms with Crippen molar-refractivity contribution in [1.82, 2.24) is 0 Å². The number of rotatable bonds is 2. The van der Waals surface area contributed by atoms with E-state index in [9.17, 15) is 4.79 Å². The van der Waals surface area contributed by atoms with Gasteiger partial charge in [0.05, 0.1) is 5.02 Å². The Balaban J connectivity index is 1.93. The second-order valence-corrected chi connectivity index (χ2v) is 5.99. The molecule has 2 aliphatic heterocycles. The van der Waals surface area contributed by atoms with Gasteiger partial charge in [-0.25, -0.2) is 0 Å². The SMILES string of the molecule is O=C(c1ccccc1Cl)C1N=CCC2SC=CC21. The van der Waals surface area contributed by atoms with E-state index < -0.39 is 0 Å². The molecule has 0 N–H and O–H groups in total. The number of Topliss-reactive ketones (excluding diaryl/α,β-unsaturated/α-hetero) is 1. The van der Waals surface area contributed by atoms with Crippen LogP contribution in [0.5, 0.6) is 0 Å². The van der Waals surface area contributed by atoms with Gasteiger partial charge in [-0.05, 0) is 24.0 Å². The lowest BCUT2D eigenvalue weighted by atomic mass is 9.87. The van der Waals surface area contributed by atoms with E-state index in [1.165, 1.54) is 0 Å². The van der Waals surface area contributed by atoms with Crippen molar-refractivity contribution in [2.24, 2.45) is 10.9 Å². The minimum atomic E-state index is -0.310. The molecule has 0 amide bonds. The normalized spacial score (nSPS) is 29.3. The number of nitrogens with zero attached hydrogens (tertiary/aromatic N) is 1. The fourth-order valence-corrected chi connectivity index (χ4v) is 3.73. The number of fused-ring (bicyclic) bond motifs is 1. The molecule has 0 aromatic heterocycles. The van der Waals surface area contributed by atoms with Crippen molar-refractivity contribution in [3.8, 4) is 0 Å². The molecule has 2 aliphatic rings. The van der Waals surface area contributed by atoms with E-state index in [2.05, 4.69) is 16.5 Å². The van der Waals surface area contributed by atoms with Crippen LogP contribution in [0.3, 0.4) is 0 Å². The van der Waals surface area contributed by atoms with Gasteiger partial charge in [0.25, 0.3) is 0 Å². The van der Waals surface area contributed by atoms with Crippen LogP contribution in [0.1, 0.15) is 16.8 Å². The maximum Gasteiger partial charge on any atom is 0.189 e. The fraction of sp³-hybridized carbons (Fsp3) is 0.286. The van der Waals surface area contributed by atoms with Gasteiger partial charge in [0, 0.05) is 22.9 Å². The molecule has 0 aliphatic carbocycles. The van der Waals surface area contributed by atoms with Crippen molar-refractivity contribution in [3.05, 3.63) is 46.3 Å². The molecule has 2 heterocycles. The quantitative estimate of drug-likeness (QED) is 0.773. The molecule has 2 nitrogen and oxygen atoms in total. The Bertz CT molecular complexity index is 540. The summed E-state index contributed by atoms with van der Waals surface area (Å²) in [5.41, 5.74) is 0.576. The molecule has 18 heavy (non-hydrogen) atoms. The second kappa shape index (κ2) is 4.90. The van der Waals surface area contributed by atoms with Crippen LogP contribution in [0, 0.1) is 5.92 Å². The summed E-state index contributed by atoms with van der Waals surface area (Å²) >= 11 is 7.88. The number of hydrogen-bond donors (Lipinski definition) is 0. The summed E-state index contributed by atoms with van der Waals surface area (Å²) in [4.78, 5) is 16.9. The summed E-state index contributed by atoms with van der Waals surface area (Å²) in [6, 6.07) is 6.88. The molecule has 4 heteroatoms. The summed E-state index contributed by atoms with van der Waals surface area (Å²) < 4.78 is 0. The van der Waals surface area contributed by atoms with Crippen LogP contribution < -0.4 is 0 Å². The molecule has 0 saturated carbocycles. The summed E-state index contributed by atoms with van der Waals surface area (Å²) in [5.74, 6) is 0.238. The largest absolute Gasteiger partial charge is 0.292 e. The first-order valence-electron chi connectivity index (χ1n) is 5.90. The van der Waals surface area contributed by atoms with E-state index in [-0.39, 0.29) is 17.7 Å². The highest BCUT2D eigenvalue weighted by molar-refractivity contribution is 8.03. The molecule has 1 aromatic carbocycles. The molecular weight excluding hydrogens is 266 g/mol. The molecule has 92 valence electrons. The van der Waals surface area contributed by atoms with Gasteiger partial charge in [0.2, 0.25) is 0 Å². The highest BCUT2D eigenvalue weighted by Crippen LogP contribution is 2.38. The van der Waals surface area contributed by atoms with E-state index in [1.54, 1.807) is 23.9 Å². The average molecular weight is 278 g/mol. The third-order valence-electron chi connectivity index (χ3n) is 3.36. The molecule has 0 fully saturated rings. The van der Waals surface area contributed by atoms with Gasteiger partial charge in [0.15, 0.2) is 5.78 Å². The van der Waals surface area contributed by atoms with Crippen LogP contribution in [0.25, 0.3) is 0 Å². The van der Waals surface area contributed by atoms with Crippen molar-refractivity contribution >= 4 is 35.4 Å². The fourth-order valence-electron chi connectivity index (χ4n) is 2.41. The number of benzene rings is 1. The first-order valence-corrected chi connectivity index (χ1v) is 7.22. The molecule has 0 radical (unpaired) electrons.